The lowest BCUT2D eigenvalue weighted by atomic mass is 10.1. The molecular formula is C12H7BrF3NO2S. The molecule has 2 aromatic rings. The lowest BCUT2D eigenvalue weighted by Gasteiger charge is -2.11. The van der Waals surface area contributed by atoms with E-state index < -0.39 is 17.7 Å². The van der Waals surface area contributed by atoms with Crippen molar-refractivity contribution in [2.24, 2.45) is 0 Å². The molecular weight excluding hydrogens is 359 g/mol. The molecule has 0 saturated heterocycles. The topological polar surface area (TPSA) is 50.2 Å². The van der Waals surface area contributed by atoms with Crippen LogP contribution in [0.15, 0.2) is 22.7 Å². The number of carboxylic acids is 1. The Labute approximate surface area is 124 Å². The fraction of sp³-hybridized carbons (Fsp3) is 0.167. The van der Waals surface area contributed by atoms with Crippen LogP contribution in [-0.4, -0.2) is 16.1 Å². The van der Waals surface area contributed by atoms with E-state index in [-0.39, 0.29) is 16.3 Å². The first-order chi connectivity index (χ1) is 9.20. The van der Waals surface area contributed by atoms with Crippen molar-refractivity contribution in [2.45, 2.75) is 13.1 Å². The van der Waals surface area contributed by atoms with Gasteiger partial charge in [-0.15, -0.1) is 11.3 Å². The average molecular weight is 366 g/mol. The predicted molar refractivity (Wildman–Crippen MR) is 71.9 cm³/mol. The Balaban J connectivity index is 2.64. The number of aromatic carboxylic acids is 1. The Morgan fingerprint density at radius 3 is 2.55 bits per heavy atom. The summed E-state index contributed by atoms with van der Waals surface area (Å²) in [5.74, 6) is -1.25. The summed E-state index contributed by atoms with van der Waals surface area (Å²) in [5, 5.41) is 8.96. The van der Waals surface area contributed by atoms with Gasteiger partial charge < -0.3 is 5.11 Å². The van der Waals surface area contributed by atoms with Gasteiger partial charge in [0.2, 0.25) is 0 Å². The Morgan fingerprint density at radius 2 is 2.05 bits per heavy atom. The Kier molecular flexibility index (Phi) is 3.88. The molecule has 1 heterocycles. The molecule has 0 bridgehead atoms. The van der Waals surface area contributed by atoms with Gasteiger partial charge in [0, 0.05) is 14.9 Å². The normalized spacial score (nSPS) is 11.7. The van der Waals surface area contributed by atoms with E-state index in [0.717, 1.165) is 17.4 Å². The molecule has 0 atom stereocenters. The van der Waals surface area contributed by atoms with Crippen molar-refractivity contribution in [3.63, 3.8) is 0 Å². The van der Waals surface area contributed by atoms with E-state index in [1.807, 2.05) is 0 Å². The van der Waals surface area contributed by atoms with Gasteiger partial charge in [-0.1, -0.05) is 22.0 Å². The SMILES string of the molecule is Cc1sc(-c2ccc(Br)cc2C(F)(F)F)nc1C(=O)O. The number of rotatable bonds is 2. The predicted octanol–water partition coefficient (Wildman–Crippen LogP) is 4.60. The van der Waals surface area contributed by atoms with Crippen LogP contribution in [0, 0.1) is 6.92 Å². The number of carbonyl (C=O) groups is 1. The number of carboxylic acid groups (broad SMARTS) is 1. The maximum absolute atomic E-state index is 13.0. The number of benzene rings is 1. The molecule has 1 aromatic heterocycles. The van der Waals surface area contributed by atoms with Crippen LogP contribution in [0.4, 0.5) is 13.2 Å². The highest BCUT2D eigenvalue weighted by atomic mass is 79.9. The largest absolute Gasteiger partial charge is 0.476 e. The van der Waals surface area contributed by atoms with Gasteiger partial charge in [0.1, 0.15) is 5.01 Å². The van der Waals surface area contributed by atoms with Crippen LogP contribution < -0.4 is 0 Å². The van der Waals surface area contributed by atoms with Gasteiger partial charge in [-0.05, 0) is 19.1 Å². The van der Waals surface area contributed by atoms with Crippen molar-refractivity contribution in [3.05, 3.63) is 38.8 Å². The molecule has 0 aliphatic heterocycles. The fourth-order valence-corrected chi connectivity index (χ4v) is 2.95. The third-order valence-electron chi connectivity index (χ3n) is 2.52. The number of aryl methyl sites for hydroxylation is 1. The summed E-state index contributed by atoms with van der Waals surface area (Å²) in [6, 6.07) is 3.69. The van der Waals surface area contributed by atoms with Gasteiger partial charge in [-0.25, -0.2) is 9.78 Å². The molecule has 0 amide bonds. The number of hydrogen-bond acceptors (Lipinski definition) is 3. The minimum atomic E-state index is -4.54. The van der Waals surface area contributed by atoms with Crippen LogP contribution in [0.1, 0.15) is 20.9 Å². The van der Waals surface area contributed by atoms with Crippen molar-refractivity contribution in [3.8, 4) is 10.6 Å². The maximum Gasteiger partial charge on any atom is 0.417 e. The second-order valence-electron chi connectivity index (χ2n) is 3.92. The smallest absolute Gasteiger partial charge is 0.417 e. The van der Waals surface area contributed by atoms with Crippen LogP contribution in [-0.2, 0) is 6.18 Å². The van der Waals surface area contributed by atoms with E-state index in [4.69, 9.17) is 5.11 Å². The van der Waals surface area contributed by atoms with E-state index >= 15 is 0 Å². The van der Waals surface area contributed by atoms with Crippen LogP contribution in [0.25, 0.3) is 10.6 Å². The summed E-state index contributed by atoms with van der Waals surface area (Å²) in [6.45, 7) is 1.51. The molecule has 2 rings (SSSR count). The van der Waals surface area contributed by atoms with Gasteiger partial charge in [0.25, 0.3) is 0 Å². The molecule has 0 unspecified atom stereocenters. The van der Waals surface area contributed by atoms with Crippen molar-refractivity contribution in [2.75, 3.05) is 0 Å². The van der Waals surface area contributed by atoms with Gasteiger partial charge in [0.15, 0.2) is 5.69 Å². The number of hydrogen-bond donors (Lipinski definition) is 1. The lowest BCUT2D eigenvalue weighted by Crippen LogP contribution is -2.07. The quantitative estimate of drug-likeness (QED) is 0.845. The lowest BCUT2D eigenvalue weighted by molar-refractivity contribution is -0.137. The number of nitrogens with zero attached hydrogens (tertiary/aromatic N) is 1. The minimum Gasteiger partial charge on any atom is -0.476 e. The molecule has 0 fully saturated rings. The van der Waals surface area contributed by atoms with Crippen LogP contribution in [0.5, 0.6) is 0 Å². The van der Waals surface area contributed by atoms with Crippen LogP contribution in [0.2, 0.25) is 0 Å². The molecule has 1 aromatic carbocycles. The second-order valence-corrected chi connectivity index (χ2v) is 6.04. The fourth-order valence-electron chi connectivity index (χ4n) is 1.65. The third kappa shape index (κ3) is 2.85. The molecule has 3 nitrogen and oxygen atoms in total. The first kappa shape index (κ1) is 15.0. The molecule has 20 heavy (non-hydrogen) atoms. The van der Waals surface area contributed by atoms with Crippen LogP contribution in [0.3, 0.4) is 0 Å². The van der Waals surface area contributed by atoms with Gasteiger partial charge in [-0.2, -0.15) is 13.2 Å². The van der Waals surface area contributed by atoms with Crippen molar-refractivity contribution in [1.82, 2.24) is 4.98 Å². The van der Waals surface area contributed by atoms with E-state index in [1.165, 1.54) is 19.1 Å². The molecule has 0 aliphatic rings. The molecule has 0 saturated carbocycles. The number of halogens is 4. The van der Waals surface area contributed by atoms with E-state index in [1.54, 1.807) is 0 Å². The summed E-state index contributed by atoms with van der Waals surface area (Å²) in [7, 11) is 0. The van der Waals surface area contributed by atoms with E-state index in [2.05, 4.69) is 20.9 Å². The zero-order valence-electron chi connectivity index (χ0n) is 9.95. The standard InChI is InChI=1S/C12H7BrF3NO2S/c1-5-9(11(18)19)17-10(20-5)7-3-2-6(13)4-8(7)12(14,15)16/h2-4H,1H3,(H,18,19). The molecule has 106 valence electrons. The molecule has 1 N–H and O–H groups in total. The Hall–Kier alpha value is -1.41. The third-order valence-corrected chi connectivity index (χ3v) is 4.01. The second kappa shape index (κ2) is 5.17. The minimum absolute atomic E-state index is 0.0414. The van der Waals surface area contributed by atoms with Crippen molar-refractivity contribution >= 4 is 33.2 Å². The van der Waals surface area contributed by atoms with Crippen molar-refractivity contribution < 1.29 is 23.1 Å². The summed E-state index contributed by atoms with van der Waals surface area (Å²) >= 11 is 3.92. The molecule has 0 spiro atoms. The molecule has 0 aliphatic carbocycles. The summed E-state index contributed by atoms with van der Waals surface area (Å²) in [4.78, 5) is 15.1. The Morgan fingerprint density at radius 1 is 1.40 bits per heavy atom. The summed E-state index contributed by atoms with van der Waals surface area (Å²) < 4.78 is 39.4. The van der Waals surface area contributed by atoms with Gasteiger partial charge in [-0.3, -0.25) is 0 Å². The van der Waals surface area contributed by atoms with Crippen molar-refractivity contribution in [1.29, 1.82) is 0 Å². The molecule has 0 radical (unpaired) electrons. The maximum atomic E-state index is 13.0. The highest BCUT2D eigenvalue weighted by Gasteiger charge is 2.35. The number of aromatic nitrogens is 1. The average Bonchev–Trinajstić information content (AvgIpc) is 2.70. The zero-order valence-corrected chi connectivity index (χ0v) is 12.4. The Bertz CT molecular complexity index is 682. The zero-order chi connectivity index (χ0) is 15.1. The van der Waals surface area contributed by atoms with Gasteiger partial charge >= 0.3 is 12.1 Å². The summed E-state index contributed by atoms with van der Waals surface area (Å²) in [5.41, 5.74) is -1.19. The number of thiazole rings is 1. The number of alkyl halides is 3. The van der Waals surface area contributed by atoms with E-state index in [0.29, 0.717) is 9.35 Å². The monoisotopic (exact) mass is 365 g/mol. The van der Waals surface area contributed by atoms with Gasteiger partial charge in [0.05, 0.1) is 5.56 Å². The first-order valence-electron chi connectivity index (χ1n) is 5.28. The first-order valence-corrected chi connectivity index (χ1v) is 6.89. The summed E-state index contributed by atoms with van der Waals surface area (Å²) in [6.07, 6.45) is -4.54. The van der Waals surface area contributed by atoms with Crippen LogP contribution >= 0.6 is 27.3 Å². The van der Waals surface area contributed by atoms with E-state index in [9.17, 15) is 18.0 Å². The highest BCUT2D eigenvalue weighted by molar-refractivity contribution is 9.10. The molecule has 8 heteroatoms. The highest BCUT2D eigenvalue weighted by Crippen LogP contribution is 2.40.